The van der Waals surface area contributed by atoms with Crippen LogP contribution < -0.4 is 5.32 Å². The topological polar surface area (TPSA) is 80.5 Å². The third kappa shape index (κ3) is 3.99. The Labute approximate surface area is 147 Å². The van der Waals surface area contributed by atoms with Gasteiger partial charge < -0.3 is 19.5 Å². The molecule has 0 saturated carbocycles. The molecule has 1 saturated heterocycles. The second-order valence-corrected chi connectivity index (χ2v) is 6.41. The zero-order valence-corrected chi connectivity index (χ0v) is 14.9. The van der Waals surface area contributed by atoms with Crippen molar-refractivity contribution in [3.8, 4) is 0 Å². The van der Waals surface area contributed by atoms with E-state index in [4.69, 9.17) is 9.26 Å². The maximum Gasteiger partial charge on any atom is 0.322 e. The number of benzene rings is 1. The van der Waals surface area contributed by atoms with Crippen molar-refractivity contribution in [2.24, 2.45) is 0 Å². The molecule has 7 nitrogen and oxygen atoms in total. The summed E-state index contributed by atoms with van der Waals surface area (Å²) in [6, 6.07) is 7.33. The number of hydrogen-bond acceptors (Lipinski definition) is 5. The predicted molar refractivity (Wildman–Crippen MR) is 93.5 cm³/mol. The molecule has 1 aromatic carbocycles. The van der Waals surface area contributed by atoms with Crippen molar-refractivity contribution in [2.45, 2.75) is 39.2 Å². The lowest BCUT2D eigenvalue weighted by Crippen LogP contribution is -2.45. The van der Waals surface area contributed by atoms with Crippen molar-refractivity contribution < 1.29 is 14.1 Å². The zero-order valence-electron chi connectivity index (χ0n) is 14.9. The molecular weight excluding hydrogens is 320 g/mol. The fraction of sp³-hybridized carbons (Fsp3) is 0.500. The van der Waals surface area contributed by atoms with Crippen LogP contribution >= 0.6 is 0 Å². The Balaban J connectivity index is 1.76. The number of morpholine rings is 1. The first-order valence-corrected chi connectivity index (χ1v) is 8.66. The van der Waals surface area contributed by atoms with Crippen molar-refractivity contribution in [3.05, 3.63) is 41.5 Å². The number of nitrogens with zero attached hydrogens (tertiary/aromatic N) is 3. The first kappa shape index (κ1) is 17.4. The van der Waals surface area contributed by atoms with E-state index in [9.17, 15) is 4.79 Å². The number of rotatable bonds is 4. The molecule has 0 radical (unpaired) electrons. The van der Waals surface area contributed by atoms with E-state index < -0.39 is 0 Å². The van der Waals surface area contributed by atoms with Crippen molar-refractivity contribution in [3.63, 3.8) is 0 Å². The standard InChI is InChI=1S/C18H24N4O3/c1-4-13-6-5-7-14(10-13)19-18(23)22-8-9-24-11-15(22)16-20-17(12(2)3)25-21-16/h5-7,10,12,15H,4,8-9,11H2,1-3H3,(H,19,23)/t15-/m1/s1. The molecule has 1 fully saturated rings. The fourth-order valence-electron chi connectivity index (χ4n) is 2.74. The quantitative estimate of drug-likeness (QED) is 0.920. The van der Waals surface area contributed by atoms with Crippen LogP contribution in [0.2, 0.25) is 0 Å². The minimum absolute atomic E-state index is 0.143. The van der Waals surface area contributed by atoms with Crippen LogP contribution in [-0.4, -0.2) is 40.8 Å². The van der Waals surface area contributed by atoms with Crippen molar-refractivity contribution in [1.82, 2.24) is 15.0 Å². The molecule has 1 aliphatic heterocycles. The molecule has 1 atom stereocenters. The van der Waals surface area contributed by atoms with E-state index in [1.54, 1.807) is 4.90 Å². The van der Waals surface area contributed by atoms with Crippen LogP contribution in [0.1, 0.15) is 50.0 Å². The Bertz CT molecular complexity index is 729. The van der Waals surface area contributed by atoms with Crippen molar-refractivity contribution in [2.75, 3.05) is 25.1 Å². The zero-order chi connectivity index (χ0) is 17.8. The Morgan fingerprint density at radius 1 is 1.44 bits per heavy atom. The fourth-order valence-corrected chi connectivity index (χ4v) is 2.74. The summed E-state index contributed by atoms with van der Waals surface area (Å²) < 4.78 is 10.8. The molecular formula is C18H24N4O3. The monoisotopic (exact) mass is 344 g/mol. The Kier molecular flexibility index (Phi) is 5.33. The maximum atomic E-state index is 12.8. The Morgan fingerprint density at radius 3 is 3.00 bits per heavy atom. The summed E-state index contributed by atoms with van der Waals surface area (Å²) in [5.74, 6) is 1.20. The SMILES string of the molecule is CCc1cccc(NC(=O)N2CCOC[C@@H]2c2noc(C(C)C)n2)c1. The highest BCUT2D eigenvalue weighted by atomic mass is 16.5. The maximum absolute atomic E-state index is 12.8. The van der Waals surface area contributed by atoms with Gasteiger partial charge in [-0.15, -0.1) is 0 Å². The van der Waals surface area contributed by atoms with Gasteiger partial charge in [-0.25, -0.2) is 4.79 Å². The van der Waals surface area contributed by atoms with Gasteiger partial charge in [0.25, 0.3) is 0 Å². The summed E-state index contributed by atoms with van der Waals surface area (Å²) >= 11 is 0. The molecule has 1 aromatic heterocycles. The summed E-state index contributed by atoms with van der Waals surface area (Å²) in [5, 5.41) is 7.00. The lowest BCUT2D eigenvalue weighted by molar-refractivity contribution is 0.0110. The van der Waals surface area contributed by atoms with E-state index in [2.05, 4.69) is 22.4 Å². The van der Waals surface area contributed by atoms with Crippen LogP contribution in [0.25, 0.3) is 0 Å². The van der Waals surface area contributed by atoms with Gasteiger partial charge in [0.1, 0.15) is 6.04 Å². The number of amides is 2. The number of hydrogen-bond donors (Lipinski definition) is 1. The van der Waals surface area contributed by atoms with Gasteiger partial charge in [0.05, 0.1) is 13.2 Å². The van der Waals surface area contributed by atoms with Gasteiger partial charge in [-0.1, -0.05) is 38.1 Å². The molecule has 3 rings (SSSR count). The molecule has 25 heavy (non-hydrogen) atoms. The van der Waals surface area contributed by atoms with Crippen LogP contribution in [0.4, 0.5) is 10.5 Å². The van der Waals surface area contributed by atoms with Gasteiger partial charge in [-0.05, 0) is 24.1 Å². The molecule has 2 heterocycles. The van der Waals surface area contributed by atoms with Crippen LogP contribution in [-0.2, 0) is 11.2 Å². The highest BCUT2D eigenvalue weighted by Crippen LogP contribution is 2.24. The van der Waals surface area contributed by atoms with Gasteiger partial charge in [0, 0.05) is 18.2 Å². The van der Waals surface area contributed by atoms with E-state index in [1.165, 1.54) is 5.56 Å². The number of nitrogens with one attached hydrogen (secondary N) is 1. The average molecular weight is 344 g/mol. The highest BCUT2D eigenvalue weighted by molar-refractivity contribution is 5.89. The molecule has 1 aliphatic rings. The number of anilines is 1. The minimum Gasteiger partial charge on any atom is -0.377 e. The van der Waals surface area contributed by atoms with E-state index in [0.717, 1.165) is 12.1 Å². The number of aromatic nitrogens is 2. The number of carbonyl (C=O) groups is 1. The molecule has 0 aliphatic carbocycles. The van der Waals surface area contributed by atoms with Gasteiger partial charge in [-0.3, -0.25) is 0 Å². The molecule has 0 spiro atoms. The second kappa shape index (κ2) is 7.65. The third-order valence-electron chi connectivity index (χ3n) is 4.23. The number of carbonyl (C=O) groups excluding carboxylic acids is 1. The lowest BCUT2D eigenvalue weighted by atomic mass is 10.1. The first-order valence-electron chi connectivity index (χ1n) is 8.66. The highest BCUT2D eigenvalue weighted by Gasteiger charge is 2.32. The normalized spacial score (nSPS) is 17.8. The molecule has 2 amide bonds. The van der Waals surface area contributed by atoms with E-state index in [-0.39, 0.29) is 18.0 Å². The molecule has 7 heteroatoms. The third-order valence-corrected chi connectivity index (χ3v) is 4.23. The summed E-state index contributed by atoms with van der Waals surface area (Å²) in [5.41, 5.74) is 1.96. The summed E-state index contributed by atoms with van der Waals surface area (Å²) in [6.45, 7) is 7.39. The van der Waals surface area contributed by atoms with Crippen molar-refractivity contribution in [1.29, 1.82) is 0 Å². The Hall–Kier alpha value is -2.41. The van der Waals surface area contributed by atoms with E-state index in [1.807, 2.05) is 38.1 Å². The van der Waals surface area contributed by atoms with Crippen LogP contribution in [0, 0.1) is 0 Å². The smallest absolute Gasteiger partial charge is 0.322 e. The van der Waals surface area contributed by atoms with Crippen LogP contribution in [0.5, 0.6) is 0 Å². The minimum atomic E-state index is -0.348. The van der Waals surface area contributed by atoms with Gasteiger partial charge in [-0.2, -0.15) is 4.98 Å². The van der Waals surface area contributed by atoms with Crippen LogP contribution in [0.15, 0.2) is 28.8 Å². The number of aryl methyl sites for hydroxylation is 1. The lowest BCUT2D eigenvalue weighted by Gasteiger charge is -2.33. The van der Waals surface area contributed by atoms with Gasteiger partial charge >= 0.3 is 6.03 Å². The summed E-state index contributed by atoms with van der Waals surface area (Å²) in [4.78, 5) is 18.9. The number of ether oxygens (including phenoxy) is 1. The van der Waals surface area contributed by atoms with Crippen molar-refractivity contribution >= 4 is 11.7 Å². The molecule has 134 valence electrons. The molecule has 0 unspecified atom stereocenters. The van der Waals surface area contributed by atoms with E-state index >= 15 is 0 Å². The van der Waals surface area contributed by atoms with Gasteiger partial charge in [0.2, 0.25) is 5.89 Å². The summed E-state index contributed by atoms with van der Waals surface area (Å²) in [7, 11) is 0. The second-order valence-electron chi connectivity index (χ2n) is 6.41. The molecule has 0 bridgehead atoms. The predicted octanol–water partition coefficient (Wildman–Crippen LogP) is 3.36. The molecule has 1 N–H and O–H groups in total. The Morgan fingerprint density at radius 2 is 2.28 bits per heavy atom. The number of urea groups is 1. The largest absolute Gasteiger partial charge is 0.377 e. The van der Waals surface area contributed by atoms with Crippen LogP contribution in [0.3, 0.4) is 0 Å². The first-order chi connectivity index (χ1) is 12.1. The average Bonchev–Trinajstić information content (AvgIpc) is 3.12. The summed E-state index contributed by atoms with van der Waals surface area (Å²) in [6.07, 6.45) is 0.921. The van der Waals surface area contributed by atoms with E-state index in [0.29, 0.717) is 31.5 Å². The molecule has 2 aromatic rings. The van der Waals surface area contributed by atoms with Gasteiger partial charge in [0.15, 0.2) is 5.82 Å².